The predicted octanol–water partition coefficient (Wildman–Crippen LogP) is 3.31. The molecule has 0 saturated carbocycles. The van der Waals surface area contributed by atoms with Crippen molar-refractivity contribution in [3.05, 3.63) is 23.8 Å². The van der Waals surface area contributed by atoms with Gasteiger partial charge in [-0.25, -0.2) is 0 Å². The summed E-state index contributed by atoms with van der Waals surface area (Å²) in [5.74, 6) is 1.41. The zero-order chi connectivity index (χ0) is 13.0. The van der Waals surface area contributed by atoms with Crippen LogP contribution in [0.2, 0.25) is 0 Å². The molecule has 3 heteroatoms. The first-order valence-corrected chi connectivity index (χ1v) is 6.05. The van der Waals surface area contributed by atoms with E-state index < -0.39 is 6.10 Å². The van der Waals surface area contributed by atoms with Gasteiger partial charge in [0, 0.05) is 0 Å². The highest BCUT2D eigenvalue weighted by molar-refractivity contribution is 5.43. The third kappa shape index (κ3) is 4.27. The van der Waals surface area contributed by atoms with E-state index in [1.807, 2.05) is 45.9 Å². The number of aliphatic hydroxyl groups excluding tert-OH is 1. The van der Waals surface area contributed by atoms with Gasteiger partial charge in [-0.15, -0.1) is 0 Å². The highest BCUT2D eigenvalue weighted by atomic mass is 16.5. The Morgan fingerprint density at radius 3 is 1.88 bits per heavy atom. The van der Waals surface area contributed by atoms with Crippen LogP contribution in [-0.4, -0.2) is 17.3 Å². The maximum atomic E-state index is 9.56. The molecule has 1 aromatic carbocycles. The zero-order valence-electron chi connectivity index (χ0n) is 11.2. The van der Waals surface area contributed by atoms with E-state index in [-0.39, 0.29) is 12.2 Å². The molecule has 1 unspecified atom stereocenters. The van der Waals surface area contributed by atoms with E-state index in [2.05, 4.69) is 0 Å². The Morgan fingerprint density at radius 1 is 0.882 bits per heavy atom. The maximum Gasteiger partial charge on any atom is 0.161 e. The van der Waals surface area contributed by atoms with Crippen molar-refractivity contribution in [2.45, 2.75) is 52.9 Å². The van der Waals surface area contributed by atoms with E-state index >= 15 is 0 Å². The van der Waals surface area contributed by atoms with Crippen molar-refractivity contribution in [3.63, 3.8) is 0 Å². The molecule has 1 aromatic rings. The van der Waals surface area contributed by atoms with E-state index in [9.17, 15) is 5.11 Å². The molecule has 0 amide bonds. The quantitative estimate of drug-likeness (QED) is 0.855. The fourth-order valence-corrected chi connectivity index (χ4v) is 1.48. The second kappa shape index (κ2) is 5.92. The van der Waals surface area contributed by atoms with Gasteiger partial charge in [0.15, 0.2) is 11.5 Å². The van der Waals surface area contributed by atoms with Gasteiger partial charge in [0.25, 0.3) is 0 Å². The average molecular weight is 238 g/mol. The van der Waals surface area contributed by atoms with Crippen LogP contribution in [-0.2, 0) is 0 Å². The highest BCUT2D eigenvalue weighted by Gasteiger charge is 2.11. The van der Waals surface area contributed by atoms with Crippen molar-refractivity contribution in [2.75, 3.05) is 0 Å². The van der Waals surface area contributed by atoms with E-state index in [1.165, 1.54) is 0 Å². The Morgan fingerprint density at radius 2 is 1.41 bits per heavy atom. The second-order valence-electron chi connectivity index (χ2n) is 4.72. The third-order valence-electron chi connectivity index (χ3n) is 2.18. The molecular weight excluding hydrogens is 216 g/mol. The van der Waals surface area contributed by atoms with Gasteiger partial charge in [0.1, 0.15) is 0 Å². The van der Waals surface area contributed by atoms with Crippen molar-refractivity contribution in [3.8, 4) is 11.5 Å². The number of aliphatic hydroxyl groups is 1. The first kappa shape index (κ1) is 13.8. The molecule has 1 atom stereocenters. The molecule has 0 spiro atoms. The minimum atomic E-state index is -0.502. The standard InChI is InChI=1S/C14H22O3/c1-9(2)16-13-7-6-12(11(5)15)8-14(13)17-10(3)4/h6-11,15H,1-5H3. The Bertz CT molecular complexity index is 356. The van der Waals surface area contributed by atoms with Crippen molar-refractivity contribution in [1.29, 1.82) is 0 Å². The van der Waals surface area contributed by atoms with Crippen LogP contribution in [0.3, 0.4) is 0 Å². The molecule has 3 nitrogen and oxygen atoms in total. The SMILES string of the molecule is CC(C)Oc1ccc(C(C)O)cc1OC(C)C. The summed E-state index contributed by atoms with van der Waals surface area (Å²) in [5.41, 5.74) is 0.830. The second-order valence-corrected chi connectivity index (χ2v) is 4.72. The van der Waals surface area contributed by atoms with Crippen molar-refractivity contribution < 1.29 is 14.6 Å². The Kier molecular flexibility index (Phi) is 4.82. The summed E-state index contributed by atoms with van der Waals surface area (Å²) in [4.78, 5) is 0. The van der Waals surface area contributed by atoms with Crippen LogP contribution in [0.15, 0.2) is 18.2 Å². The lowest BCUT2D eigenvalue weighted by molar-refractivity contribution is 0.189. The lowest BCUT2D eigenvalue weighted by Crippen LogP contribution is -2.11. The number of rotatable bonds is 5. The van der Waals surface area contributed by atoms with Crippen LogP contribution in [0.4, 0.5) is 0 Å². The van der Waals surface area contributed by atoms with Gasteiger partial charge in [-0.3, -0.25) is 0 Å². The van der Waals surface area contributed by atoms with Gasteiger partial charge >= 0.3 is 0 Å². The average Bonchev–Trinajstić information content (AvgIpc) is 2.18. The Labute approximate surface area is 103 Å². The monoisotopic (exact) mass is 238 g/mol. The smallest absolute Gasteiger partial charge is 0.161 e. The molecule has 0 bridgehead atoms. The molecule has 0 saturated heterocycles. The maximum absolute atomic E-state index is 9.56. The minimum absolute atomic E-state index is 0.0776. The molecule has 96 valence electrons. The van der Waals surface area contributed by atoms with Gasteiger partial charge < -0.3 is 14.6 Å². The van der Waals surface area contributed by atoms with E-state index in [0.717, 1.165) is 11.3 Å². The van der Waals surface area contributed by atoms with Crippen LogP contribution < -0.4 is 9.47 Å². The van der Waals surface area contributed by atoms with Crippen molar-refractivity contribution >= 4 is 0 Å². The van der Waals surface area contributed by atoms with Crippen LogP contribution in [0.1, 0.15) is 46.3 Å². The number of hydrogen-bond acceptors (Lipinski definition) is 3. The highest BCUT2D eigenvalue weighted by Crippen LogP contribution is 2.32. The Hall–Kier alpha value is -1.22. The molecule has 1 rings (SSSR count). The molecule has 0 aliphatic carbocycles. The van der Waals surface area contributed by atoms with E-state index in [0.29, 0.717) is 5.75 Å². The summed E-state index contributed by atoms with van der Waals surface area (Å²) < 4.78 is 11.4. The lowest BCUT2D eigenvalue weighted by atomic mass is 10.1. The molecule has 0 heterocycles. The minimum Gasteiger partial charge on any atom is -0.487 e. The Balaban J connectivity index is 3.03. The largest absolute Gasteiger partial charge is 0.487 e. The molecule has 0 fully saturated rings. The summed E-state index contributed by atoms with van der Waals surface area (Å²) in [6.45, 7) is 9.61. The fraction of sp³-hybridized carbons (Fsp3) is 0.571. The molecule has 17 heavy (non-hydrogen) atoms. The molecule has 0 aliphatic rings. The van der Waals surface area contributed by atoms with Gasteiger partial charge in [0.05, 0.1) is 18.3 Å². The van der Waals surface area contributed by atoms with Crippen LogP contribution in [0, 0.1) is 0 Å². The van der Waals surface area contributed by atoms with Gasteiger partial charge in [-0.2, -0.15) is 0 Å². The zero-order valence-corrected chi connectivity index (χ0v) is 11.2. The van der Waals surface area contributed by atoms with Crippen LogP contribution >= 0.6 is 0 Å². The summed E-state index contributed by atoms with van der Waals surface area (Å²) in [6, 6.07) is 5.54. The van der Waals surface area contributed by atoms with Gasteiger partial charge in [0.2, 0.25) is 0 Å². The normalized spacial score (nSPS) is 12.9. The van der Waals surface area contributed by atoms with Crippen molar-refractivity contribution in [2.24, 2.45) is 0 Å². The topological polar surface area (TPSA) is 38.7 Å². The first-order chi connectivity index (χ1) is 7.90. The molecule has 0 aliphatic heterocycles. The summed E-state index contributed by atoms with van der Waals surface area (Å²) in [5, 5.41) is 9.56. The van der Waals surface area contributed by atoms with Crippen LogP contribution in [0.25, 0.3) is 0 Å². The molecule has 0 radical (unpaired) electrons. The van der Waals surface area contributed by atoms with E-state index in [1.54, 1.807) is 6.92 Å². The summed E-state index contributed by atoms with van der Waals surface area (Å²) >= 11 is 0. The van der Waals surface area contributed by atoms with Crippen LogP contribution in [0.5, 0.6) is 11.5 Å². The van der Waals surface area contributed by atoms with Crippen molar-refractivity contribution in [1.82, 2.24) is 0 Å². The number of benzene rings is 1. The molecule has 0 aromatic heterocycles. The third-order valence-corrected chi connectivity index (χ3v) is 2.18. The number of hydrogen-bond donors (Lipinski definition) is 1. The first-order valence-electron chi connectivity index (χ1n) is 6.05. The van der Waals surface area contributed by atoms with Gasteiger partial charge in [-0.05, 0) is 52.3 Å². The molecular formula is C14H22O3. The lowest BCUT2D eigenvalue weighted by Gasteiger charge is -2.18. The fourth-order valence-electron chi connectivity index (χ4n) is 1.48. The number of ether oxygens (including phenoxy) is 2. The molecule has 1 N–H and O–H groups in total. The van der Waals surface area contributed by atoms with Gasteiger partial charge in [-0.1, -0.05) is 6.07 Å². The summed E-state index contributed by atoms with van der Waals surface area (Å²) in [7, 11) is 0. The predicted molar refractivity (Wildman–Crippen MR) is 68.6 cm³/mol. The summed E-state index contributed by atoms with van der Waals surface area (Å²) in [6.07, 6.45) is -0.326. The van der Waals surface area contributed by atoms with E-state index in [4.69, 9.17) is 9.47 Å².